The van der Waals surface area contributed by atoms with Crippen molar-refractivity contribution in [3.63, 3.8) is 0 Å². The first-order valence-corrected chi connectivity index (χ1v) is 9.77. The molecule has 2 rings (SSSR count). The van der Waals surface area contributed by atoms with Gasteiger partial charge in [0.1, 0.15) is 4.90 Å². The monoisotopic (exact) mass is 379 g/mol. The Morgan fingerprint density at radius 3 is 2.70 bits per heavy atom. The Kier molecular flexibility index (Phi) is 5.74. The first-order chi connectivity index (χ1) is 9.49. The second-order valence-electron chi connectivity index (χ2n) is 4.53. The van der Waals surface area contributed by atoms with E-state index in [4.69, 9.17) is 5.73 Å². The van der Waals surface area contributed by atoms with Crippen LogP contribution in [0.4, 0.5) is 5.69 Å². The SMILES string of the molecule is Nc1cc(Br)ccc1S(=O)(=O)NCCN1CCSCC1. The third kappa shape index (κ3) is 4.36. The van der Waals surface area contributed by atoms with Crippen molar-refractivity contribution in [1.29, 1.82) is 0 Å². The fourth-order valence-electron chi connectivity index (χ4n) is 2.00. The molecular formula is C12H18BrN3O2S2. The number of hydrogen-bond acceptors (Lipinski definition) is 5. The van der Waals surface area contributed by atoms with Crippen molar-refractivity contribution in [3.05, 3.63) is 22.7 Å². The standard InChI is InChI=1S/C12H18BrN3O2S2/c13-10-1-2-12(11(14)9-10)20(17,18)15-3-4-16-5-7-19-8-6-16/h1-2,9,15H,3-8,14H2. The van der Waals surface area contributed by atoms with E-state index in [9.17, 15) is 8.42 Å². The average molecular weight is 380 g/mol. The molecule has 0 radical (unpaired) electrons. The van der Waals surface area contributed by atoms with E-state index in [-0.39, 0.29) is 10.6 Å². The number of thioether (sulfide) groups is 1. The Hall–Kier alpha value is -0.280. The molecule has 0 saturated carbocycles. The van der Waals surface area contributed by atoms with Gasteiger partial charge in [-0.3, -0.25) is 0 Å². The predicted molar refractivity (Wildman–Crippen MR) is 87.5 cm³/mol. The number of anilines is 1. The number of benzene rings is 1. The molecule has 20 heavy (non-hydrogen) atoms. The van der Waals surface area contributed by atoms with Gasteiger partial charge >= 0.3 is 0 Å². The summed E-state index contributed by atoms with van der Waals surface area (Å²) in [6.07, 6.45) is 0. The summed E-state index contributed by atoms with van der Waals surface area (Å²) < 4.78 is 27.7. The van der Waals surface area contributed by atoms with Crippen molar-refractivity contribution in [2.24, 2.45) is 0 Å². The summed E-state index contributed by atoms with van der Waals surface area (Å²) in [7, 11) is -3.54. The molecule has 0 aromatic heterocycles. The van der Waals surface area contributed by atoms with Gasteiger partial charge in [-0.1, -0.05) is 15.9 Å². The topological polar surface area (TPSA) is 75.4 Å². The minimum atomic E-state index is -3.54. The number of rotatable bonds is 5. The second kappa shape index (κ2) is 7.13. The Morgan fingerprint density at radius 2 is 2.05 bits per heavy atom. The van der Waals surface area contributed by atoms with Crippen LogP contribution in [-0.4, -0.2) is 51.0 Å². The minimum Gasteiger partial charge on any atom is -0.398 e. The number of sulfonamides is 1. The van der Waals surface area contributed by atoms with Crippen molar-refractivity contribution in [2.75, 3.05) is 43.4 Å². The number of nitrogens with two attached hydrogens (primary N) is 1. The largest absolute Gasteiger partial charge is 0.398 e. The van der Waals surface area contributed by atoms with Gasteiger partial charge in [0.15, 0.2) is 0 Å². The summed E-state index contributed by atoms with van der Waals surface area (Å²) in [4.78, 5) is 2.40. The third-order valence-corrected chi connectivity index (χ3v) is 6.06. The molecule has 0 bridgehead atoms. The van der Waals surface area contributed by atoms with Crippen LogP contribution in [0.3, 0.4) is 0 Å². The number of nitrogen functional groups attached to an aromatic ring is 1. The van der Waals surface area contributed by atoms with E-state index in [1.54, 1.807) is 12.1 Å². The van der Waals surface area contributed by atoms with Gasteiger partial charge in [0.25, 0.3) is 0 Å². The summed E-state index contributed by atoms with van der Waals surface area (Å²) >= 11 is 5.20. The smallest absolute Gasteiger partial charge is 0.242 e. The Morgan fingerprint density at radius 1 is 1.35 bits per heavy atom. The van der Waals surface area contributed by atoms with E-state index < -0.39 is 10.0 Å². The lowest BCUT2D eigenvalue weighted by Gasteiger charge is -2.26. The van der Waals surface area contributed by atoms with Crippen LogP contribution in [0.1, 0.15) is 0 Å². The molecular weight excluding hydrogens is 362 g/mol. The Labute approximate surface area is 132 Å². The van der Waals surface area contributed by atoms with Gasteiger partial charge in [-0.15, -0.1) is 0 Å². The summed E-state index contributed by atoms with van der Waals surface area (Å²) in [5, 5.41) is 0. The zero-order valence-corrected chi connectivity index (χ0v) is 14.2. The highest BCUT2D eigenvalue weighted by atomic mass is 79.9. The number of nitrogens with one attached hydrogen (secondary N) is 1. The van der Waals surface area contributed by atoms with Crippen LogP contribution < -0.4 is 10.5 Å². The molecule has 8 heteroatoms. The molecule has 0 atom stereocenters. The Balaban J connectivity index is 1.93. The highest BCUT2D eigenvalue weighted by Crippen LogP contribution is 2.22. The lowest BCUT2D eigenvalue weighted by molar-refractivity contribution is 0.307. The normalized spacial score (nSPS) is 17.2. The lowest BCUT2D eigenvalue weighted by Crippen LogP contribution is -2.39. The summed E-state index contributed by atoms with van der Waals surface area (Å²) in [6.45, 7) is 3.18. The van der Waals surface area contributed by atoms with Crippen LogP contribution in [0.15, 0.2) is 27.6 Å². The molecule has 1 heterocycles. The third-order valence-electron chi connectivity index (χ3n) is 3.09. The van der Waals surface area contributed by atoms with Crippen LogP contribution in [0, 0.1) is 0 Å². The maximum Gasteiger partial charge on any atom is 0.242 e. The molecule has 3 N–H and O–H groups in total. The maximum atomic E-state index is 12.2. The van der Waals surface area contributed by atoms with Crippen LogP contribution in [-0.2, 0) is 10.0 Å². The molecule has 0 unspecified atom stereocenters. The quantitative estimate of drug-likeness (QED) is 0.755. The van der Waals surface area contributed by atoms with Crippen molar-refractivity contribution >= 4 is 43.4 Å². The van der Waals surface area contributed by atoms with Gasteiger partial charge in [0.05, 0.1) is 5.69 Å². The van der Waals surface area contributed by atoms with Gasteiger partial charge < -0.3 is 10.6 Å². The van der Waals surface area contributed by atoms with E-state index in [0.29, 0.717) is 6.54 Å². The zero-order chi connectivity index (χ0) is 14.6. The molecule has 5 nitrogen and oxygen atoms in total. The van der Waals surface area contributed by atoms with Crippen molar-refractivity contribution < 1.29 is 8.42 Å². The fourth-order valence-corrected chi connectivity index (χ4v) is 4.49. The second-order valence-corrected chi connectivity index (χ2v) is 8.41. The van der Waals surface area contributed by atoms with Crippen LogP contribution >= 0.6 is 27.7 Å². The minimum absolute atomic E-state index is 0.134. The fraction of sp³-hybridized carbons (Fsp3) is 0.500. The van der Waals surface area contributed by atoms with Gasteiger partial charge in [-0.2, -0.15) is 11.8 Å². The summed E-state index contributed by atoms with van der Waals surface area (Å²) in [5.74, 6) is 2.23. The van der Waals surface area contributed by atoms with Gasteiger partial charge in [-0.05, 0) is 18.2 Å². The van der Waals surface area contributed by atoms with Crippen LogP contribution in [0.2, 0.25) is 0 Å². The molecule has 112 valence electrons. The van der Waals surface area contributed by atoms with Crippen molar-refractivity contribution in [2.45, 2.75) is 4.90 Å². The Bertz CT molecular complexity index is 560. The molecule has 1 aliphatic rings. The van der Waals surface area contributed by atoms with Crippen LogP contribution in [0.25, 0.3) is 0 Å². The summed E-state index contributed by atoms with van der Waals surface area (Å²) in [6, 6.07) is 4.78. The molecule has 1 aliphatic heterocycles. The molecule has 1 aromatic carbocycles. The van der Waals surface area contributed by atoms with E-state index >= 15 is 0 Å². The highest BCUT2D eigenvalue weighted by Gasteiger charge is 2.18. The van der Waals surface area contributed by atoms with E-state index in [1.165, 1.54) is 6.07 Å². The first kappa shape index (κ1) is 16.1. The van der Waals surface area contributed by atoms with E-state index in [0.717, 1.165) is 35.6 Å². The van der Waals surface area contributed by atoms with Gasteiger partial charge in [-0.25, -0.2) is 13.1 Å². The number of hydrogen-bond donors (Lipinski definition) is 2. The predicted octanol–water partition coefficient (Wildman–Crippen LogP) is 1.36. The van der Waals surface area contributed by atoms with Crippen molar-refractivity contribution in [1.82, 2.24) is 9.62 Å². The van der Waals surface area contributed by atoms with Crippen molar-refractivity contribution in [3.8, 4) is 0 Å². The van der Waals surface area contributed by atoms with Gasteiger partial charge in [0.2, 0.25) is 10.0 Å². The lowest BCUT2D eigenvalue weighted by atomic mass is 10.3. The molecule has 1 saturated heterocycles. The molecule has 0 spiro atoms. The maximum absolute atomic E-state index is 12.2. The molecule has 0 aliphatic carbocycles. The average Bonchev–Trinajstić information content (AvgIpc) is 2.39. The molecule has 0 amide bonds. The number of halogens is 1. The van der Waals surface area contributed by atoms with E-state index in [2.05, 4.69) is 25.6 Å². The van der Waals surface area contributed by atoms with Gasteiger partial charge in [0, 0.05) is 42.2 Å². The summed E-state index contributed by atoms with van der Waals surface area (Å²) in [5.41, 5.74) is 6.01. The molecule has 1 fully saturated rings. The van der Waals surface area contributed by atoms with E-state index in [1.807, 2.05) is 11.8 Å². The van der Waals surface area contributed by atoms with Crippen LogP contribution in [0.5, 0.6) is 0 Å². The highest BCUT2D eigenvalue weighted by molar-refractivity contribution is 9.10. The zero-order valence-electron chi connectivity index (χ0n) is 11.0. The number of nitrogens with zero attached hydrogens (tertiary/aromatic N) is 1. The molecule has 1 aromatic rings. The first-order valence-electron chi connectivity index (χ1n) is 6.34.